The molecule has 1 heterocycles. The molecule has 0 aliphatic heterocycles. The number of carbonyl (C=O) groups is 1. The lowest BCUT2D eigenvalue weighted by Gasteiger charge is -2.13. The third-order valence-corrected chi connectivity index (χ3v) is 4.56. The van der Waals surface area contributed by atoms with Gasteiger partial charge < -0.3 is 19.5 Å². The highest BCUT2D eigenvalue weighted by molar-refractivity contribution is 7.15. The van der Waals surface area contributed by atoms with Crippen LogP contribution in [0.5, 0.6) is 27.5 Å². The number of hydrogen-bond acceptors (Lipinski definition) is 6. The van der Waals surface area contributed by atoms with Crippen molar-refractivity contribution in [3.05, 3.63) is 60.3 Å². The SMILES string of the molecule is CCOc1cccc(Oc2ncc(Oc3ccc(C(C)NC(C)=O)cc3)s2)c1. The molecule has 2 aromatic carbocycles. The van der Waals surface area contributed by atoms with E-state index >= 15 is 0 Å². The number of aromatic nitrogens is 1. The summed E-state index contributed by atoms with van der Waals surface area (Å²) in [5.41, 5.74) is 1.00. The molecule has 7 heteroatoms. The van der Waals surface area contributed by atoms with Crippen LogP contribution in [0.2, 0.25) is 0 Å². The summed E-state index contributed by atoms with van der Waals surface area (Å²) >= 11 is 1.31. The Morgan fingerprint density at radius 1 is 1.11 bits per heavy atom. The topological polar surface area (TPSA) is 69.7 Å². The summed E-state index contributed by atoms with van der Waals surface area (Å²) in [5.74, 6) is 2.04. The molecule has 0 radical (unpaired) electrons. The van der Waals surface area contributed by atoms with Crippen molar-refractivity contribution in [1.82, 2.24) is 10.3 Å². The van der Waals surface area contributed by atoms with E-state index in [9.17, 15) is 4.79 Å². The minimum absolute atomic E-state index is 0.0533. The maximum atomic E-state index is 11.2. The molecule has 28 heavy (non-hydrogen) atoms. The fraction of sp³-hybridized carbons (Fsp3) is 0.238. The summed E-state index contributed by atoms with van der Waals surface area (Å²) in [6.07, 6.45) is 1.63. The van der Waals surface area contributed by atoms with E-state index < -0.39 is 0 Å². The van der Waals surface area contributed by atoms with Crippen molar-refractivity contribution >= 4 is 17.2 Å². The van der Waals surface area contributed by atoms with Crippen LogP contribution in [-0.4, -0.2) is 17.5 Å². The van der Waals surface area contributed by atoms with Crippen molar-refractivity contribution in [2.75, 3.05) is 6.61 Å². The van der Waals surface area contributed by atoms with E-state index in [1.165, 1.54) is 18.3 Å². The first-order chi connectivity index (χ1) is 13.5. The van der Waals surface area contributed by atoms with Crippen molar-refractivity contribution in [3.63, 3.8) is 0 Å². The van der Waals surface area contributed by atoms with Crippen LogP contribution in [0.1, 0.15) is 32.4 Å². The Hall–Kier alpha value is -3.06. The van der Waals surface area contributed by atoms with Crippen molar-refractivity contribution in [2.24, 2.45) is 0 Å². The van der Waals surface area contributed by atoms with Crippen LogP contribution in [0.4, 0.5) is 0 Å². The maximum absolute atomic E-state index is 11.2. The average Bonchev–Trinajstić information content (AvgIpc) is 3.09. The second-order valence-electron chi connectivity index (χ2n) is 6.05. The fourth-order valence-electron chi connectivity index (χ4n) is 2.56. The normalized spacial score (nSPS) is 11.5. The second kappa shape index (κ2) is 9.23. The average molecular weight is 398 g/mol. The van der Waals surface area contributed by atoms with Gasteiger partial charge in [0, 0.05) is 13.0 Å². The van der Waals surface area contributed by atoms with Gasteiger partial charge in [0.1, 0.15) is 17.2 Å². The Balaban J connectivity index is 1.61. The number of hydrogen-bond donors (Lipinski definition) is 1. The first-order valence-electron chi connectivity index (χ1n) is 8.95. The first kappa shape index (κ1) is 19.7. The van der Waals surface area contributed by atoms with Crippen LogP contribution < -0.4 is 19.5 Å². The molecule has 0 saturated carbocycles. The first-order valence-corrected chi connectivity index (χ1v) is 9.76. The number of amides is 1. The zero-order valence-electron chi connectivity index (χ0n) is 16.0. The Morgan fingerprint density at radius 3 is 2.57 bits per heavy atom. The molecular weight excluding hydrogens is 376 g/mol. The van der Waals surface area contributed by atoms with Gasteiger partial charge in [-0.25, -0.2) is 4.98 Å². The number of rotatable bonds is 8. The second-order valence-corrected chi connectivity index (χ2v) is 7.00. The van der Waals surface area contributed by atoms with Gasteiger partial charge in [-0.2, -0.15) is 0 Å². The van der Waals surface area contributed by atoms with E-state index in [-0.39, 0.29) is 11.9 Å². The molecule has 0 bridgehead atoms. The van der Waals surface area contributed by atoms with Gasteiger partial charge in [-0.1, -0.05) is 18.2 Å². The van der Waals surface area contributed by atoms with E-state index in [1.807, 2.05) is 62.4 Å². The molecule has 1 atom stereocenters. The van der Waals surface area contributed by atoms with E-state index in [2.05, 4.69) is 10.3 Å². The van der Waals surface area contributed by atoms with Gasteiger partial charge in [0.2, 0.25) is 11.0 Å². The molecule has 1 aromatic heterocycles. The highest BCUT2D eigenvalue weighted by Crippen LogP contribution is 2.35. The number of carbonyl (C=O) groups excluding carboxylic acids is 1. The Labute approximate surface area is 168 Å². The summed E-state index contributed by atoms with van der Waals surface area (Å²) in [6, 6.07) is 14.9. The highest BCUT2D eigenvalue weighted by Gasteiger charge is 2.09. The van der Waals surface area contributed by atoms with Crippen molar-refractivity contribution in [2.45, 2.75) is 26.8 Å². The van der Waals surface area contributed by atoms with Crippen LogP contribution >= 0.6 is 11.3 Å². The molecule has 1 amide bonds. The lowest BCUT2D eigenvalue weighted by atomic mass is 10.1. The maximum Gasteiger partial charge on any atom is 0.282 e. The molecule has 0 aliphatic carbocycles. The molecule has 3 rings (SSSR count). The lowest BCUT2D eigenvalue weighted by molar-refractivity contribution is -0.119. The summed E-state index contributed by atoms with van der Waals surface area (Å²) in [6.45, 7) is 5.97. The van der Waals surface area contributed by atoms with E-state index in [1.54, 1.807) is 6.20 Å². The summed E-state index contributed by atoms with van der Waals surface area (Å²) < 4.78 is 17.1. The highest BCUT2D eigenvalue weighted by atomic mass is 32.1. The molecule has 3 aromatic rings. The number of benzene rings is 2. The molecular formula is C21H22N2O4S. The van der Waals surface area contributed by atoms with Crippen molar-refractivity contribution in [1.29, 1.82) is 0 Å². The third-order valence-electron chi connectivity index (χ3n) is 3.80. The molecule has 1 N–H and O–H groups in total. The quantitative estimate of drug-likeness (QED) is 0.556. The Kier molecular flexibility index (Phi) is 6.49. The van der Waals surface area contributed by atoms with Crippen LogP contribution in [0, 0.1) is 0 Å². The summed E-state index contributed by atoms with van der Waals surface area (Å²) in [7, 11) is 0. The number of thiazole rings is 1. The van der Waals surface area contributed by atoms with Gasteiger partial charge >= 0.3 is 0 Å². The van der Waals surface area contributed by atoms with Gasteiger partial charge in [-0.15, -0.1) is 0 Å². The number of nitrogens with zero attached hydrogens (tertiary/aromatic N) is 1. The van der Waals surface area contributed by atoms with Gasteiger partial charge in [0.15, 0.2) is 0 Å². The minimum atomic E-state index is -0.0585. The Morgan fingerprint density at radius 2 is 1.86 bits per heavy atom. The van der Waals surface area contributed by atoms with Crippen molar-refractivity contribution < 1.29 is 19.0 Å². The zero-order valence-corrected chi connectivity index (χ0v) is 16.8. The smallest absolute Gasteiger partial charge is 0.282 e. The fourth-order valence-corrected chi connectivity index (χ4v) is 3.22. The number of nitrogens with one attached hydrogen (secondary N) is 1. The van der Waals surface area contributed by atoms with Gasteiger partial charge in [0.25, 0.3) is 5.19 Å². The van der Waals surface area contributed by atoms with Crippen LogP contribution in [-0.2, 0) is 4.79 Å². The molecule has 6 nitrogen and oxygen atoms in total. The molecule has 146 valence electrons. The van der Waals surface area contributed by atoms with Gasteiger partial charge in [-0.3, -0.25) is 4.79 Å². The molecule has 0 saturated heterocycles. The molecule has 0 aliphatic rings. The monoisotopic (exact) mass is 398 g/mol. The van der Waals surface area contributed by atoms with Crippen molar-refractivity contribution in [3.8, 4) is 27.5 Å². The van der Waals surface area contributed by atoms with Gasteiger partial charge in [0.05, 0.1) is 18.8 Å². The van der Waals surface area contributed by atoms with Gasteiger partial charge in [-0.05, 0) is 55.0 Å². The predicted octanol–water partition coefficient (Wildman–Crippen LogP) is 5.32. The van der Waals surface area contributed by atoms with Crippen LogP contribution in [0.25, 0.3) is 0 Å². The predicted molar refractivity (Wildman–Crippen MR) is 109 cm³/mol. The Bertz CT molecular complexity index is 924. The van der Waals surface area contributed by atoms with Crippen LogP contribution in [0.15, 0.2) is 54.7 Å². The van der Waals surface area contributed by atoms with E-state index in [0.717, 1.165) is 11.3 Å². The standard InChI is InChI=1S/C21H22N2O4S/c1-4-25-18-6-5-7-19(12-18)27-21-22-13-20(28-21)26-17-10-8-16(9-11-17)14(2)23-15(3)24/h5-14H,4H2,1-3H3,(H,23,24). The molecule has 0 spiro atoms. The van der Waals surface area contributed by atoms with Crippen LogP contribution in [0.3, 0.4) is 0 Å². The van der Waals surface area contributed by atoms with E-state index in [0.29, 0.717) is 28.4 Å². The molecule has 1 unspecified atom stereocenters. The summed E-state index contributed by atoms with van der Waals surface area (Å²) in [4.78, 5) is 15.4. The largest absolute Gasteiger partial charge is 0.494 e. The zero-order chi connectivity index (χ0) is 19.9. The summed E-state index contributed by atoms with van der Waals surface area (Å²) in [5, 5.41) is 3.96. The minimum Gasteiger partial charge on any atom is -0.494 e. The third kappa shape index (κ3) is 5.47. The lowest BCUT2D eigenvalue weighted by Crippen LogP contribution is -2.23. The molecule has 0 fully saturated rings. The van der Waals surface area contributed by atoms with E-state index in [4.69, 9.17) is 14.2 Å². The number of ether oxygens (including phenoxy) is 3.